The summed E-state index contributed by atoms with van der Waals surface area (Å²) in [6.45, 7) is 0. The van der Waals surface area contributed by atoms with Crippen molar-refractivity contribution in [3.63, 3.8) is 0 Å². The molecule has 0 spiro atoms. The molecule has 1 N–H and O–H groups in total. The summed E-state index contributed by atoms with van der Waals surface area (Å²) < 4.78 is 0. The van der Waals surface area contributed by atoms with Crippen LogP contribution in [0.3, 0.4) is 0 Å². The van der Waals surface area contributed by atoms with Crippen LogP contribution in [-0.4, -0.2) is 11.1 Å². The Hall–Kier alpha value is -1.75. The van der Waals surface area contributed by atoms with Crippen molar-refractivity contribution >= 4 is 5.97 Å². The van der Waals surface area contributed by atoms with E-state index in [1.165, 1.54) is 5.56 Å². The smallest absolute Gasteiger partial charge is 0.307 e. The van der Waals surface area contributed by atoms with Crippen LogP contribution in [0.1, 0.15) is 24.8 Å². The first kappa shape index (κ1) is 12.3. The van der Waals surface area contributed by atoms with Crippen molar-refractivity contribution in [2.75, 3.05) is 0 Å². The number of aryl methyl sites for hydroxylation is 1. The van der Waals surface area contributed by atoms with Crippen LogP contribution in [0.5, 0.6) is 0 Å². The Kier molecular flexibility index (Phi) is 5.15. The zero-order valence-corrected chi connectivity index (χ0v) is 9.23. The predicted octanol–water partition coefficient (Wildman–Crippen LogP) is 2.73. The molecule has 0 bridgehead atoms. The zero-order chi connectivity index (χ0) is 11.8. The SMILES string of the molecule is C#CC[C@H](CCCc1ccccc1)C(=O)O. The molecule has 0 radical (unpaired) electrons. The highest BCUT2D eigenvalue weighted by molar-refractivity contribution is 5.70. The van der Waals surface area contributed by atoms with Crippen LogP contribution in [-0.2, 0) is 11.2 Å². The molecule has 0 saturated carbocycles. The molecule has 0 aromatic heterocycles. The van der Waals surface area contributed by atoms with E-state index in [0.29, 0.717) is 12.8 Å². The van der Waals surface area contributed by atoms with Gasteiger partial charge < -0.3 is 5.11 Å². The Bertz CT molecular complexity index is 362. The molecule has 0 heterocycles. The van der Waals surface area contributed by atoms with Crippen molar-refractivity contribution in [2.24, 2.45) is 5.92 Å². The van der Waals surface area contributed by atoms with Crippen LogP contribution in [0, 0.1) is 18.3 Å². The minimum Gasteiger partial charge on any atom is -0.481 e. The van der Waals surface area contributed by atoms with E-state index in [1.807, 2.05) is 18.2 Å². The van der Waals surface area contributed by atoms with E-state index in [0.717, 1.165) is 12.8 Å². The van der Waals surface area contributed by atoms with E-state index in [-0.39, 0.29) is 0 Å². The molecule has 84 valence electrons. The van der Waals surface area contributed by atoms with Gasteiger partial charge in [-0.1, -0.05) is 30.3 Å². The fourth-order valence-electron chi connectivity index (χ4n) is 1.65. The summed E-state index contributed by atoms with van der Waals surface area (Å²) >= 11 is 0. The lowest BCUT2D eigenvalue weighted by Crippen LogP contribution is -2.13. The minimum atomic E-state index is -0.786. The maximum atomic E-state index is 10.8. The van der Waals surface area contributed by atoms with Crippen LogP contribution in [0.2, 0.25) is 0 Å². The van der Waals surface area contributed by atoms with Gasteiger partial charge >= 0.3 is 5.97 Å². The summed E-state index contributed by atoms with van der Waals surface area (Å²) in [5, 5.41) is 8.91. The third kappa shape index (κ3) is 4.18. The molecule has 2 heteroatoms. The van der Waals surface area contributed by atoms with Gasteiger partial charge in [0.05, 0.1) is 5.92 Å². The Balaban J connectivity index is 2.34. The highest BCUT2D eigenvalue weighted by Gasteiger charge is 2.15. The third-order valence-electron chi connectivity index (χ3n) is 2.57. The topological polar surface area (TPSA) is 37.3 Å². The van der Waals surface area contributed by atoms with E-state index < -0.39 is 11.9 Å². The number of carboxylic acid groups (broad SMARTS) is 1. The summed E-state index contributed by atoms with van der Waals surface area (Å²) in [7, 11) is 0. The summed E-state index contributed by atoms with van der Waals surface area (Å²) in [5.41, 5.74) is 1.24. The normalized spacial score (nSPS) is 11.7. The molecule has 1 atom stereocenters. The number of rotatable bonds is 6. The highest BCUT2D eigenvalue weighted by Crippen LogP contribution is 2.13. The van der Waals surface area contributed by atoms with Crippen LogP contribution < -0.4 is 0 Å². The fourth-order valence-corrected chi connectivity index (χ4v) is 1.65. The second-order valence-electron chi connectivity index (χ2n) is 3.82. The van der Waals surface area contributed by atoms with Crippen LogP contribution in [0.15, 0.2) is 30.3 Å². The third-order valence-corrected chi connectivity index (χ3v) is 2.57. The van der Waals surface area contributed by atoms with Gasteiger partial charge in [-0.05, 0) is 24.8 Å². The minimum absolute atomic E-state index is 0.324. The monoisotopic (exact) mass is 216 g/mol. The lowest BCUT2D eigenvalue weighted by Gasteiger charge is -2.08. The van der Waals surface area contributed by atoms with Gasteiger partial charge in [-0.2, -0.15) is 0 Å². The summed E-state index contributed by atoms with van der Waals surface area (Å²) in [5.74, 6) is 1.24. The van der Waals surface area contributed by atoms with Gasteiger partial charge in [-0.3, -0.25) is 4.79 Å². The van der Waals surface area contributed by atoms with Gasteiger partial charge in [0.1, 0.15) is 0 Å². The molecule has 0 fully saturated rings. The first-order valence-corrected chi connectivity index (χ1v) is 5.44. The lowest BCUT2D eigenvalue weighted by atomic mass is 9.97. The van der Waals surface area contributed by atoms with Gasteiger partial charge in [-0.15, -0.1) is 12.3 Å². The van der Waals surface area contributed by atoms with Gasteiger partial charge in [0.2, 0.25) is 0 Å². The number of hydrogen-bond donors (Lipinski definition) is 1. The molecule has 1 aromatic rings. The highest BCUT2D eigenvalue weighted by atomic mass is 16.4. The molecule has 1 aromatic carbocycles. The van der Waals surface area contributed by atoms with E-state index in [2.05, 4.69) is 18.1 Å². The Morgan fingerprint density at radius 1 is 1.38 bits per heavy atom. The van der Waals surface area contributed by atoms with Gasteiger partial charge in [0.25, 0.3) is 0 Å². The predicted molar refractivity (Wildman–Crippen MR) is 64.0 cm³/mol. The molecule has 0 amide bonds. The van der Waals surface area contributed by atoms with Gasteiger partial charge in [0, 0.05) is 6.42 Å². The van der Waals surface area contributed by atoms with Gasteiger partial charge in [-0.25, -0.2) is 0 Å². The van der Waals surface area contributed by atoms with Crippen LogP contribution in [0.4, 0.5) is 0 Å². The van der Waals surface area contributed by atoms with E-state index in [1.54, 1.807) is 0 Å². The molecule has 0 unspecified atom stereocenters. The van der Waals surface area contributed by atoms with Crippen LogP contribution in [0.25, 0.3) is 0 Å². The summed E-state index contributed by atoms with van der Waals surface area (Å²) in [6, 6.07) is 10.1. The Morgan fingerprint density at radius 2 is 2.06 bits per heavy atom. The van der Waals surface area contributed by atoms with Gasteiger partial charge in [0.15, 0.2) is 0 Å². The van der Waals surface area contributed by atoms with E-state index in [4.69, 9.17) is 11.5 Å². The van der Waals surface area contributed by atoms with Crippen molar-refractivity contribution in [1.29, 1.82) is 0 Å². The Labute approximate surface area is 96.3 Å². The number of benzene rings is 1. The number of carboxylic acids is 1. The fraction of sp³-hybridized carbons (Fsp3) is 0.357. The molecule has 0 aliphatic rings. The second kappa shape index (κ2) is 6.68. The van der Waals surface area contributed by atoms with Crippen molar-refractivity contribution < 1.29 is 9.90 Å². The zero-order valence-electron chi connectivity index (χ0n) is 9.23. The van der Waals surface area contributed by atoms with Crippen LogP contribution >= 0.6 is 0 Å². The van der Waals surface area contributed by atoms with Crippen molar-refractivity contribution in [3.05, 3.63) is 35.9 Å². The molecular weight excluding hydrogens is 200 g/mol. The maximum Gasteiger partial charge on any atom is 0.307 e. The van der Waals surface area contributed by atoms with E-state index >= 15 is 0 Å². The van der Waals surface area contributed by atoms with Crippen molar-refractivity contribution in [3.8, 4) is 12.3 Å². The number of terminal acetylenes is 1. The summed E-state index contributed by atoms with van der Waals surface area (Å²) in [4.78, 5) is 10.8. The molecule has 0 saturated heterocycles. The second-order valence-corrected chi connectivity index (χ2v) is 3.82. The lowest BCUT2D eigenvalue weighted by molar-refractivity contribution is -0.141. The molecule has 2 nitrogen and oxygen atoms in total. The standard InChI is InChI=1S/C14H16O2/c1-2-7-13(14(15)16)11-6-10-12-8-4-3-5-9-12/h1,3-5,8-9,13H,6-7,10-11H2,(H,15,16)/t13-/m1/s1. The molecule has 0 aliphatic carbocycles. The largest absolute Gasteiger partial charge is 0.481 e. The molecule has 0 aliphatic heterocycles. The molecular formula is C14H16O2. The number of carbonyl (C=O) groups is 1. The first-order chi connectivity index (χ1) is 7.74. The first-order valence-electron chi connectivity index (χ1n) is 5.44. The molecule has 1 rings (SSSR count). The average molecular weight is 216 g/mol. The maximum absolute atomic E-state index is 10.8. The quantitative estimate of drug-likeness (QED) is 0.742. The number of hydrogen-bond acceptors (Lipinski definition) is 1. The van der Waals surface area contributed by atoms with Crippen molar-refractivity contribution in [2.45, 2.75) is 25.7 Å². The van der Waals surface area contributed by atoms with E-state index in [9.17, 15) is 4.79 Å². The number of aliphatic carboxylic acids is 1. The summed E-state index contributed by atoms with van der Waals surface area (Å²) in [6.07, 6.45) is 7.88. The Morgan fingerprint density at radius 3 is 2.62 bits per heavy atom. The molecule has 16 heavy (non-hydrogen) atoms. The van der Waals surface area contributed by atoms with Crippen molar-refractivity contribution in [1.82, 2.24) is 0 Å². The average Bonchev–Trinajstić information content (AvgIpc) is 2.29.